The van der Waals surface area contributed by atoms with E-state index in [1.807, 2.05) is 18.4 Å². The third-order valence-corrected chi connectivity index (χ3v) is 5.65. The van der Waals surface area contributed by atoms with Crippen LogP contribution in [-0.4, -0.2) is 12.0 Å². The van der Waals surface area contributed by atoms with E-state index in [-0.39, 0.29) is 0 Å². The number of hydrogen-bond acceptors (Lipinski definition) is 3. The van der Waals surface area contributed by atoms with Crippen LogP contribution < -0.4 is 5.32 Å². The lowest BCUT2D eigenvalue weighted by Gasteiger charge is -2.26. The van der Waals surface area contributed by atoms with Crippen molar-refractivity contribution in [1.29, 1.82) is 0 Å². The van der Waals surface area contributed by atoms with Gasteiger partial charge >= 0.3 is 0 Å². The molecule has 108 valence electrons. The maximum absolute atomic E-state index is 4.97. The maximum Gasteiger partial charge on any atom is 0.0962 e. The molecule has 1 N–H and O–H groups in total. The van der Waals surface area contributed by atoms with Gasteiger partial charge in [-0.1, -0.05) is 26.7 Å². The molecule has 0 aromatic carbocycles. The zero-order valence-electron chi connectivity index (χ0n) is 12.7. The average Bonchev–Trinajstić information content (AvgIpc) is 2.83. The molecular formula is C16H28N2S. The second-order valence-corrected chi connectivity index (χ2v) is 6.94. The predicted octanol–water partition coefficient (Wildman–Crippen LogP) is 4.50. The fourth-order valence-electron chi connectivity index (χ4n) is 3.13. The Bertz CT molecular complexity index is 355. The van der Waals surface area contributed by atoms with Crippen LogP contribution in [0, 0.1) is 5.92 Å². The molecule has 1 aromatic heterocycles. The van der Waals surface area contributed by atoms with Gasteiger partial charge in [-0.25, -0.2) is 4.98 Å². The summed E-state index contributed by atoms with van der Waals surface area (Å²) in [7, 11) is 2.03. The molecule has 0 radical (unpaired) electrons. The lowest BCUT2D eigenvalue weighted by molar-refractivity contribution is 0.318. The maximum atomic E-state index is 4.97. The summed E-state index contributed by atoms with van der Waals surface area (Å²) in [6, 6.07) is 0. The Kier molecular flexibility index (Phi) is 5.83. The number of aromatic nitrogens is 1. The van der Waals surface area contributed by atoms with Gasteiger partial charge in [0.2, 0.25) is 0 Å². The molecule has 1 aliphatic rings. The summed E-state index contributed by atoms with van der Waals surface area (Å²) in [6.45, 7) is 5.56. The molecule has 0 unspecified atom stereocenters. The first-order chi connectivity index (χ1) is 9.28. The lowest BCUT2D eigenvalue weighted by Crippen LogP contribution is -2.12. The SMILES string of the molecule is CCCc1nc(C2CCC(CC)CC2)sc1CNC. The summed E-state index contributed by atoms with van der Waals surface area (Å²) in [5.74, 6) is 1.72. The standard InChI is InChI=1S/C16H28N2S/c1-4-6-14-15(11-17-3)19-16(18-14)13-9-7-12(5-2)8-10-13/h12-13,17H,4-11H2,1-3H3. The van der Waals surface area contributed by atoms with Crippen molar-refractivity contribution < 1.29 is 0 Å². The molecule has 1 heterocycles. The number of nitrogens with zero attached hydrogens (tertiary/aromatic N) is 1. The van der Waals surface area contributed by atoms with Gasteiger partial charge in [-0.2, -0.15) is 0 Å². The molecule has 0 amide bonds. The third-order valence-electron chi connectivity index (χ3n) is 4.39. The minimum atomic E-state index is 0.744. The summed E-state index contributed by atoms with van der Waals surface area (Å²) < 4.78 is 0. The highest BCUT2D eigenvalue weighted by Crippen LogP contribution is 2.39. The smallest absolute Gasteiger partial charge is 0.0962 e. The monoisotopic (exact) mass is 280 g/mol. The molecule has 0 aliphatic heterocycles. The summed E-state index contributed by atoms with van der Waals surface area (Å²) in [4.78, 5) is 6.44. The number of thiazole rings is 1. The minimum Gasteiger partial charge on any atom is -0.315 e. The second-order valence-electron chi connectivity index (χ2n) is 5.83. The van der Waals surface area contributed by atoms with Crippen LogP contribution in [0.1, 0.15) is 73.9 Å². The Hall–Kier alpha value is -0.410. The molecule has 1 aromatic rings. The van der Waals surface area contributed by atoms with Crippen LogP contribution in [-0.2, 0) is 13.0 Å². The van der Waals surface area contributed by atoms with Crippen LogP contribution in [0.4, 0.5) is 0 Å². The zero-order valence-corrected chi connectivity index (χ0v) is 13.5. The number of aryl methyl sites for hydroxylation is 1. The Morgan fingerprint density at radius 2 is 1.95 bits per heavy atom. The van der Waals surface area contributed by atoms with E-state index in [4.69, 9.17) is 4.98 Å². The Labute approximate surface area is 122 Å². The molecular weight excluding hydrogens is 252 g/mol. The van der Waals surface area contributed by atoms with Crippen LogP contribution in [0.3, 0.4) is 0 Å². The molecule has 1 fully saturated rings. The van der Waals surface area contributed by atoms with Crippen molar-refractivity contribution in [3.63, 3.8) is 0 Å². The van der Waals surface area contributed by atoms with E-state index in [1.54, 1.807) is 0 Å². The Morgan fingerprint density at radius 1 is 1.21 bits per heavy atom. The van der Waals surface area contributed by atoms with Gasteiger partial charge in [0.1, 0.15) is 0 Å². The van der Waals surface area contributed by atoms with Gasteiger partial charge in [-0.05, 0) is 45.1 Å². The highest BCUT2D eigenvalue weighted by atomic mass is 32.1. The first-order valence-corrected chi connectivity index (χ1v) is 8.73. The van der Waals surface area contributed by atoms with Gasteiger partial charge in [0.25, 0.3) is 0 Å². The molecule has 1 saturated carbocycles. The quantitative estimate of drug-likeness (QED) is 0.830. The van der Waals surface area contributed by atoms with E-state index in [1.165, 1.54) is 54.1 Å². The number of hydrogen-bond donors (Lipinski definition) is 1. The van der Waals surface area contributed by atoms with Gasteiger partial charge in [0.05, 0.1) is 10.7 Å². The van der Waals surface area contributed by atoms with Gasteiger partial charge in [0.15, 0.2) is 0 Å². The molecule has 0 spiro atoms. The van der Waals surface area contributed by atoms with Crippen LogP contribution in [0.25, 0.3) is 0 Å². The van der Waals surface area contributed by atoms with Crippen molar-refractivity contribution in [2.45, 2.75) is 71.3 Å². The van der Waals surface area contributed by atoms with E-state index in [9.17, 15) is 0 Å². The summed E-state index contributed by atoms with van der Waals surface area (Å²) in [5.41, 5.74) is 1.36. The number of rotatable bonds is 6. The van der Waals surface area contributed by atoms with E-state index in [2.05, 4.69) is 19.2 Å². The van der Waals surface area contributed by atoms with Gasteiger partial charge < -0.3 is 5.32 Å². The van der Waals surface area contributed by atoms with Crippen molar-refractivity contribution >= 4 is 11.3 Å². The highest BCUT2D eigenvalue weighted by Gasteiger charge is 2.24. The van der Waals surface area contributed by atoms with Crippen molar-refractivity contribution in [3.05, 3.63) is 15.6 Å². The summed E-state index contributed by atoms with van der Waals surface area (Å²) in [5, 5.41) is 4.71. The van der Waals surface area contributed by atoms with Crippen LogP contribution >= 0.6 is 11.3 Å². The fourth-order valence-corrected chi connectivity index (χ4v) is 4.42. The average molecular weight is 280 g/mol. The minimum absolute atomic E-state index is 0.744. The topological polar surface area (TPSA) is 24.9 Å². The van der Waals surface area contributed by atoms with E-state index >= 15 is 0 Å². The number of nitrogens with one attached hydrogen (secondary N) is 1. The molecule has 0 saturated heterocycles. The largest absolute Gasteiger partial charge is 0.315 e. The molecule has 3 heteroatoms. The van der Waals surface area contributed by atoms with Crippen molar-refractivity contribution in [2.75, 3.05) is 7.05 Å². The van der Waals surface area contributed by atoms with Crippen molar-refractivity contribution in [1.82, 2.24) is 10.3 Å². The van der Waals surface area contributed by atoms with E-state index < -0.39 is 0 Å². The molecule has 19 heavy (non-hydrogen) atoms. The summed E-state index contributed by atoms with van der Waals surface area (Å²) >= 11 is 1.97. The van der Waals surface area contributed by atoms with E-state index in [0.717, 1.165) is 24.8 Å². The molecule has 1 aliphatic carbocycles. The Morgan fingerprint density at radius 3 is 2.53 bits per heavy atom. The molecule has 0 bridgehead atoms. The van der Waals surface area contributed by atoms with Gasteiger partial charge in [0, 0.05) is 17.3 Å². The van der Waals surface area contributed by atoms with Crippen LogP contribution in [0.15, 0.2) is 0 Å². The van der Waals surface area contributed by atoms with Gasteiger partial charge in [-0.3, -0.25) is 0 Å². The van der Waals surface area contributed by atoms with Crippen molar-refractivity contribution in [2.24, 2.45) is 5.92 Å². The first kappa shape index (κ1) is 15.0. The normalized spacial score (nSPS) is 23.7. The third kappa shape index (κ3) is 3.79. The second kappa shape index (κ2) is 7.39. The zero-order chi connectivity index (χ0) is 13.7. The van der Waals surface area contributed by atoms with Crippen molar-refractivity contribution in [3.8, 4) is 0 Å². The lowest BCUT2D eigenvalue weighted by atomic mass is 9.81. The fraction of sp³-hybridized carbons (Fsp3) is 0.812. The Balaban J connectivity index is 2.05. The molecule has 0 atom stereocenters. The highest BCUT2D eigenvalue weighted by molar-refractivity contribution is 7.11. The van der Waals surface area contributed by atoms with Gasteiger partial charge in [-0.15, -0.1) is 11.3 Å². The van der Waals surface area contributed by atoms with Crippen LogP contribution in [0.5, 0.6) is 0 Å². The van der Waals surface area contributed by atoms with E-state index in [0.29, 0.717) is 0 Å². The molecule has 2 nitrogen and oxygen atoms in total. The first-order valence-electron chi connectivity index (χ1n) is 7.91. The van der Waals surface area contributed by atoms with Crippen LogP contribution in [0.2, 0.25) is 0 Å². The molecule has 2 rings (SSSR count). The predicted molar refractivity (Wildman–Crippen MR) is 83.9 cm³/mol. The summed E-state index contributed by atoms with van der Waals surface area (Å²) in [6.07, 6.45) is 9.22.